The number of hydrogen-bond donors (Lipinski definition) is 0. The molecule has 0 N–H and O–H groups in total. The Morgan fingerprint density at radius 3 is 2.77 bits per heavy atom. The van der Waals surface area contributed by atoms with Crippen LogP contribution in [0, 0.1) is 10.1 Å². The van der Waals surface area contributed by atoms with Crippen molar-refractivity contribution in [1.82, 2.24) is 9.78 Å². The molecule has 0 fully saturated rings. The number of nitrogens with zero attached hydrogens (tertiary/aromatic N) is 3. The molecule has 2 aromatic rings. The first-order valence-electron chi connectivity index (χ1n) is 7.88. The Kier molecular flexibility index (Phi) is 5.10. The number of aryl methyl sites for hydroxylation is 1. The Morgan fingerprint density at radius 2 is 2.12 bits per heavy atom. The van der Waals surface area contributed by atoms with Crippen LogP contribution in [-0.2, 0) is 17.9 Å². The number of carbonyl (C=O) groups is 1. The van der Waals surface area contributed by atoms with Crippen molar-refractivity contribution in [2.24, 2.45) is 0 Å². The normalized spacial score (nSPS) is 16.2. The summed E-state index contributed by atoms with van der Waals surface area (Å²) >= 11 is 0. The summed E-state index contributed by atoms with van der Waals surface area (Å²) in [5, 5.41) is 14.7. The molecule has 2 heterocycles. The third-order valence-corrected chi connectivity index (χ3v) is 4.02. The maximum absolute atomic E-state index is 13.1. The lowest BCUT2D eigenvalue weighted by Gasteiger charge is -2.22. The molecule has 8 nitrogen and oxygen atoms in total. The van der Waals surface area contributed by atoms with E-state index in [-0.39, 0.29) is 18.0 Å². The summed E-state index contributed by atoms with van der Waals surface area (Å²) in [6, 6.07) is 6.42. The second kappa shape index (κ2) is 7.46. The summed E-state index contributed by atoms with van der Waals surface area (Å²) in [5.74, 6) is -0.778. The minimum atomic E-state index is -2.47. The van der Waals surface area contributed by atoms with E-state index in [0.717, 1.165) is 0 Å². The fourth-order valence-corrected chi connectivity index (χ4v) is 2.79. The maximum Gasteiger partial charge on any atom is 0.514 e. The average molecular weight is 367 g/mol. The quantitative estimate of drug-likeness (QED) is 0.346. The molecule has 1 aromatic carbocycles. The van der Waals surface area contributed by atoms with Crippen molar-refractivity contribution >= 4 is 11.8 Å². The number of rotatable bonds is 5. The van der Waals surface area contributed by atoms with Crippen molar-refractivity contribution in [2.45, 2.75) is 38.3 Å². The van der Waals surface area contributed by atoms with E-state index in [1.54, 1.807) is 0 Å². The van der Waals surface area contributed by atoms with Crippen LogP contribution in [0.1, 0.15) is 30.1 Å². The molecule has 1 unspecified atom stereocenters. The van der Waals surface area contributed by atoms with E-state index in [9.17, 15) is 23.7 Å². The highest BCUT2D eigenvalue weighted by molar-refractivity contribution is 5.64. The first-order valence-corrected chi connectivity index (χ1v) is 7.88. The number of alkyl halides is 2. The van der Waals surface area contributed by atoms with Gasteiger partial charge in [-0.15, -0.1) is 0 Å². The van der Waals surface area contributed by atoms with Gasteiger partial charge < -0.3 is 9.47 Å². The fourth-order valence-electron chi connectivity index (χ4n) is 2.79. The molecule has 0 bridgehead atoms. The highest BCUT2D eigenvalue weighted by Gasteiger charge is 2.29. The van der Waals surface area contributed by atoms with Crippen LogP contribution in [0.2, 0.25) is 0 Å². The zero-order valence-corrected chi connectivity index (χ0v) is 13.5. The molecule has 138 valence electrons. The maximum atomic E-state index is 13.1. The van der Waals surface area contributed by atoms with Crippen LogP contribution in [0.25, 0.3) is 0 Å². The van der Waals surface area contributed by atoms with Crippen LogP contribution in [0.15, 0.2) is 30.3 Å². The lowest BCUT2D eigenvalue weighted by Crippen LogP contribution is -2.21. The molecule has 10 heteroatoms. The van der Waals surface area contributed by atoms with Crippen LogP contribution < -0.4 is 4.74 Å². The predicted octanol–water partition coefficient (Wildman–Crippen LogP) is 3.65. The van der Waals surface area contributed by atoms with Gasteiger partial charge in [-0.05, 0) is 31.0 Å². The lowest BCUT2D eigenvalue weighted by molar-refractivity contribution is -0.384. The van der Waals surface area contributed by atoms with Gasteiger partial charge in [-0.1, -0.05) is 0 Å². The van der Waals surface area contributed by atoms with Gasteiger partial charge in [-0.2, -0.15) is 5.10 Å². The first kappa shape index (κ1) is 17.8. The van der Waals surface area contributed by atoms with E-state index in [1.165, 1.54) is 35.0 Å². The molecule has 0 saturated carbocycles. The van der Waals surface area contributed by atoms with Crippen LogP contribution in [0.5, 0.6) is 5.75 Å². The highest BCUT2D eigenvalue weighted by atomic mass is 19.3. The molecular weight excluding hydrogens is 352 g/mol. The summed E-state index contributed by atoms with van der Waals surface area (Å²) in [6.45, 7) is 0.327. The number of halogens is 2. The van der Waals surface area contributed by atoms with E-state index >= 15 is 0 Å². The van der Waals surface area contributed by atoms with Gasteiger partial charge in [0.25, 0.3) is 5.69 Å². The van der Waals surface area contributed by atoms with Crippen molar-refractivity contribution in [1.29, 1.82) is 0 Å². The molecule has 0 aliphatic carbocycles. The van der Waals surface area contributed by atoms with Crippen LogP contribution in [-0.4, -0.2) is 27.3 Å². The van der Waals surface area contributed by atoms with Crippen molar-refractivity contribution in [3.63, 3.8) is 0 Å². The Hall–Kier alpha value is -3.04. The first-order chi connectivity index (χ1) is 12.4. The van der Waals surface area contributed by atoms with Gasteiger partial charge in [-0.3, -0.25) is 14.8 Å². The third-order valence-electron chi connectivity index (χ3n) is 4.02. The smallest absolute Gasteiger partial charge is 0.427 e. The number of hydrogen-bond acceptors (Lipinski definition) is 6. The molecule has 26 heavy (non-hydrogen) atoms. The topological polar surface area (TPSA) is 96.5 Å². The monoisotopic (exact) mass is 367 g/mol. The van der Waals surface area contributed by atoms with Gasteiger partial charge in [-0.25, -0.2) is 13.6 Å². The minimum absolute atomic E-state index is 0.0856. The highest BCUT2D eigenvalue weighted by Crippen LogP contribution is 2.32. The van der Waals surface area contributed by atoms with Gasteiger partial charge in [0.2, 0.25) is 6.43 Å². The molecule has 1 aromatic heterocycles. The molecule has 0 saturated heterocycles. The van der Waals surface area contributed by atoms with E-state index in [4.69, 9.17) is 9.47 Å². The molecular formula is C16H15F2N3O5. The van der Waals surface area contributed by atoms with Crippen molar-refractivity contribution < 1.29 is 28.0 Å². The lowest BCUT2D eigenvalue weighted by atomic mass is 9.96. The summed E-state index contributed by atoms with van der Waals surface area (Å²) < 4.78 is 37.4. The van der Waals surface area contributed by atoms with E-state index < -0.39 is 23.4 Å². The predicted molar refractivity (Wildman–Crippen MR) is 84.1 cm³/mol. The number of aromatic nitrogens is 2. The molecule has 1 aliphatic rings. The van der Waals surface area contributed by atoms with Gasteiger partial charge in [0, 0.05) is 24.4 Å². The van der Waals surface area contributed by atoms with E-state index in [2.05, 4.69) is 5.10 Å². The number of ether oxygens (including phenoxy) is 2. The Bertz CT molecular complexity index is 807. The molecule has 3 rings (SSSR count). The van der Waals surface area contributed by atoms with Gasteiger partial charge >= 0.3 is 6.16 Å². The van der Waals surface area contributed by atoms with Crippen molar-refractivity contribution in [3.8, 4) is 5.75 Å². The average Bonchev–Trinajstić information content (AvgIpc) is 3.03. The number of benzene rings is 1. The number of nitro benzene ring substituents is 1. The van der Waals surface area contributed by atoms with E-state index in [1.807, 2.05) is 0 Å². The standard InChI is InChI=1S/C16H15F2N3O5/c17-15(18)13-2-1-7-20-14(13)8-10(19-20)9-25-16(22)26-12-5-3-11(4-6-12)21(23)24/h3-6,8,13,15H,1-2,7,9H2. The second-order valence-corrected chi connectivity index (χ2v) is 5.76. The largest absolute Gasteiger partial charge is 0.514 e. The zero-order chi connectivity index (χ0) is 18.7. The summed E-state index contributed by atoms with van der Waals surface area (Å²) in [6.07, 6.45) is -2.47. The SMILES string of the molecule is O=C(OCc1cc2n(n1)CCCC2C(F)F)Oc1ccc([N+](=O)[O-])cc1. The Morgan fingerprint density at radius 1 is 1.38 bits per heavy atom. The summed E-state index contributed by atoms with van der Waals surface area (Å²) in [5.41, 5.74) is 0.657. The van der Waals surface area contributed by atoms with Crippen LogP contribution in [0.4, 0.5) is 19.3 Å². The minimum Gasteiger partial charge on any atom is -0.427 e. The number of carbonyl (C=O) groups excluding carboxylic acids is 1. The molecule has 1 aliphatic heterocycles. The number of non-ortho nitro benzene ring substituents is 1. The summed E-state index contributed by atoms with van der Waals surface area (Å²) in [4.78, 5) is 21.7. The Balaban J connectivity index is 1.57. The molecule has 1 atom stereocenters. The van der Waals surface area contributed by atoms with Crippen molar-refractivity contribution in [2.75, 3.05) is 0 Å². The number of fused-ring (bicyclic) bond motifs is 1. The van der Waals surface area contributed by atoms with Crippen molar-refractivity contribution in [3.05, 3.63) is 51.8 Å². The molecule has 0 spiro atoms. The Labute approximate surface area is 146 Å². The van der Waals surface area contributed by atoms with Gasteiger partial charge in [0.05, 0.1) is 10.8 Å². The molecule has 0 radical (unpaired) electrons. The summed E-state index contributed by atoms with van der Waals surface area (Å²) in [7, 11) is 0. The zero-order valence-electron chi connectivity index (χ0n) is 13.5. The fraction of sp³-hybridized carbons (Fsp3) is 0.375. The van der Waals surface area contributed by atoms with Gasteiger partial charge in [0.15, 0.2) is 0 Å². The molecule has 0 amide bonds. The van der Waals surface area contributed by atoms with Crippen LogP contribution >= 0.6 is 0 Å². The third kappa shape index (κ3) is 3.95. The van der Waals surface area contributed by atoms with Gasteiger partial charge in [0.1, 0.15) is 18.1 Å². The number of nitro groups is 1. The van der Waals surface area contributed by atoms with E-state index in [0.29, 0.717) is 30.8 Å². The van der Waals surface area contributed by atoms with Crippen LogP contribution in [0.3, 0.4) is 0 Å². The second-order valence-electron chi connectivity index (χ2n) is 5.76.